The molecule has 0 aliphatic heterocycles. The maximum atomic E-state index is 10.7. The van der Waals surface area contributed by atoms with E-state index in [2.05, 4.69) is 4.74 Å². The zero-order valence-corrected chi connectivity index (χ0v) is 7.04. The van der Waals surface area contributed by atoms with Gasteiger partial charge in [-0.2, -0.15) is 0 Å². The van der Waals surface area contributed by atoms with Crippen molar-refractivity contribution in [3.8, 4) is 0 Å². The Morgan fingerprint density at radius 1 is 1.73 bits per heavy atom. The van der Waals surface area contributed by atoms with Crippen LogP contribution < -0.4 is 0 Å². The Hall–Kier alpha value is -0.570. The summed E-state index contributed by atoms with van der Waals surface area (Å²) in [7, 11) is 0. The second kappa shape index (κ2) is 6.16. The Labute approximate surface area is 67.4 Å². The van der Waals surface area contributed by atoms with Gasteiger partial charge in [0.15, 0.2) is 6.10 Å². The largest absolute Gasteiger partial charge is 0.457 e. The second-order valence-corrected chi connectivity index (χ2v) is 2.33. The number of esters is 1. The standard InChI is InChI=1S/C8H15O3/c1-3-5-6-7(9)8(10)11-4-2/h4,7,9H,3,5-6H2,1-2H3. The molecule has 3 heteroatoms. The Morgan fingerprint density at radius 2 is 2.36 bits per heavy atom. The highest BCUT2D eigenvalue weighted by molar-refractivity contribution is 5.74. The lowest BCUT2D eigenvalue weighted by Crippen LogP contribution is -2.21. The molecule has 0 fully saturated rings. The molecule has 0 amide bonds. The van der Waals surface area contributed by atoms with Gasteiger partial charge in [0.05, 0.1) is 0 Å². The SMILES string of the molecule is C[CH]OC(=O)C(O)CCCC. The lowest BCUT2D eigenvalue weighted by atomic mass is 10.2. The quantitative estimate of drug-likeness (QED) is 0.614. The third kappa shape index (κ3) is 4.79. The van der Waals surface area contributed by atoms with Crippen molar-refractivity contribution in [1.29, 1.82) is 0 Å². The summed E-state index contributed by atoms with van der Waals surface area (Å²) in [6.45, 7) is 4.88. The van der Waals surface area contributed by atoms with Gasteiger partial charge in [-0.1, -0.05) is 19.8 Å². The van der Waals surface area contributed by atoms with Crippen molar-refractivity contribution in [2.75, 3.05) is 0 Å². The first kappa shape index (κ1) is 10.4. The zero-order chi connectivity index (χ0) is 8.69. The molecule has 0 spiro atoms. The van der Waals surface area contributed by atoms with Gasteiger partial charge in [-0.25, -0.2) is 4.79 Å². The number of carbonyl (C=O) groups is 1. The normalized spacial score (nSPS) is 12.6. The molecule has 65 valence electrons. The minimum atomic E-state index is -0.953. The Bertz CT molecular complexity index is 112. The molecule has 1 radical (unpaired) electrons. The predicted octanol–water partition coefficient (Wildman–Crippen LogP) is 1.26. The summed E-state index contributed by atoms with van der Waals surface area (Å²) in [5.41, 5.74) is 0. The van der Waals surface area contributed by atoms with E-state index < -0.39 is 12.1 Å². The van der Waals surface area contributed by atoms with Gasteiger partial charge in [0.25, 0.3) is 0 Å². The molecule has 3 nitrogen and oxygen atoms in total. The van der Waals surface area contributed by atoms with E-state index in [1.165, 1.54) is 6.61 Å². The average Bonchev–Trinajstić information content (AvgIpc) is 2.00. The Morgan fingerprint density at radius 3 is 2.82 bits per heavy atom. The van der Waals surface area contributed by atoms with Crippen LogP contribution in [-0.4, -0.2) is 17.2 Å². The lowest BCUT2D eigenvalue weighted by molar-refractivity contribution is -0.150. The number of rotatable bonds is 5. The number of hydrogen-bond acceptors (Lipinski definition) is 3. The van der Waals surface area contributed by atoms with Crippen molar-refractivity contribution in [2.45, 2.75) is 39.2 Å². The molecular formula is C8H15O3. The molecule has 0 bridgehead atoms. The molecule has 0 heterocycles. The van der Waals surface area contributed by atoms with E-state index in [4.69, 9.17) is 5.11 Å². The van der Waals surface area contributed by atoms with Crippen LogP contribution in [0, 0.1) is 6.61 Å². The summed E-state index contributed by atoms with van der Waals surface area (Å²) in [5, 5.41) is 9.09. The number of carbonyl (C=O) groups excluding carboxylic acids is 1. The monoisotopic (exact) mass is 159 g/mol. The van der Waals surface area contributed by atoms with Crippen LogP contribution in [0.2, 0.25) is 0 Å². The molecule has 0 aromatic carbocycles. The Balaban J connectivity index is 3.46. The number of aliphatic hydroxyl groups excluding tert-OH is 1. The summed E-state index contributed by atoms with van der Waals surface area (Å²) in [5.74, 6) is -0.555. The van der Waals surface area contributed by atoms with Gasteiger partial charge in [-0.05, 0) is 13.3 Å². The highest BCUT2D eigenvalue weighted by Gasteiger charge is 2.14. The molecule has 11 heavy (non-hydrogen) atoms. The van der Waals surface area contributed by atoms with E-state index in [0.717, 1.165) is 12.8 Å². The van der Waals surface area contributed by atoms with Crippen LogP contribution in [-0.2, 0) is 9.53 Å². The molecule has 0 saturated carbocycles. The van der Waals surface area contributed by atoms with E-state index in [1.807, 2.05) is 6.92 Å². The van der Waals surface area contributed by atoms with E-state index in [0.29, 0.717) is 6.42 Å². The summed E-state index contributed by atoms with van der Waals surface area (Å²) in [6.07, 6.45) is 1.36. The van der Waals surface area contributed by atoms with E-state index in [1.54, 1.807) is 6.92 Å². The maximum Gasteiger partial charge on any atom is 0.335 e. The molecule has 0 aliphatic carbocycles. The molecular weight excluding hydrogens is 144 g/mol. The van der Waals surface area contributed by atoms with E-state index >= 15 is 0 Å². The summed E-state index contributed by atoms with van der Waals surface area (Å²) < 4.78 is 4.49. The van der Waals surface area contributed by atoms with Crippen LogP contribution in [0.25, 0.3) is 0 Å². The van der Waals surface area contributed by atoms with Crippen LogP contribution in [0.4, 0.5) is 0 Å². The zero-order valence-electron chi connectivity index (χ0n) is 7.04. The van der Waals surface area contributed by atoms with E-state index in [9.17, 15) is 4.79 Å². The molecule has 1 atom stereocenters. The fourth-order valence-electron chi connectivity index (χ4n) is 0.710. The van der Waals surface area contributed by atoms with Gasteiger partial charge in [0.1, 0.15) is 6.61 Å². The van der Waals surface area contributed by atoms with Gasteiger partial charge in [0, 0.05) is 0 Å². The van der Waals surface area contributed by atoms with Gasteiger partial charge in [0.2, 0.25) is 0 Å². The number of aliphatic hydroxyl groups is 1. The first-order chi connectivity index (χ1) is 5.22. The third-order valence-corrected chi connectivity index (χ3v) is 1.34. The molecule has 0 aromatic rings. The van der Waals surface area contributed by atoms with Crippen molar-refractivity contribution >= 4 is 5.97 Å². The van der Waals surface area contributed by atoms with Crippen molar-refractivity contribution < 1.29 is 14.6 Å². The molecule has 0 rings (SSSR count). The van der Waals surface area contributed by atoms with Crippen LogP contribution >= 0.6 is 0 Å². The molecule has 0 saturated heterocycles. The lowest BCUT2D eigenvalue weighted by Gasteiger charge is -2.07. The van der Waals surface area contributed by atoms with Gasteiger partial charge < -0.3 is 9.84 Å². The predicted molar refractivity (Wildman–Crippen MR) is 41.6 cm³/mol. The van der Waals surface area contributed by atoms with Crippen molar-refractivity contribution in [2.24, 2.45) is 0 Å². The van der Waals surface area contributed by atoms with Crippen molar-refractivity contribution in [3.63, 3.8) is 0 Å². The minimum Gasteiger partial charge on any atom is -0.457 e. The number of ether oxygens (including phenoxy) is 1. The smallest absolute Gasteiger partial charge is 0.335 e. The van der Waals surface area contributed by atoms with Gasteiger partial charge >= 0.3 is 5.97 Å². The molecule has 1 unspecified atom stereocenters. The number of hydrogen-bond donors (Lipinski definition) is 1. The summed E-state index contributed by atoms with van der Waals surface area (Å²) in [4.78, 5) is 10.7. The van der Waals surface area contributed by atoms with Crippen molar-refractivity contribution in [3.05, 3.63) is 6.61 Å². The van der Waals surface area contributed by atoms with Crippen LogP contribution in [0.15, 0.2) is 0 Å². The minimum absolute atomic E-state index is 0.489. The molecule has 1 N–H and O–H groups in total. The van der Waals surface area contributed by atoms with E-state index in [-0.39, 0.29) is 0 Å². The first-order valence-corrected chi connectivity index (χ1v) is 3.88. The first-order valence-electron chi connectivity index (χ1n) is 3.88. The maximum absolute atomic E-state index is 10.7. The molecule has 0 aromatic heterocycles. The Kier molecular flexibility index (Phi) is 5.84. The topological polar surface area (TPSA) is 46.5 Å². The van der Waals surface area contributed by atoms with Crippen molar-refractivity contribution in [1.82, 2.24) is 0 Å². The average molecular weight is 159 g/mol. The van der Waals surface area contributed by atoms with Crippen LogP contribution in [0.3, 0.4) is 0 Å². The third-order valence-electron chi connectivity index (χ3n) is 1.34. The highest BCUT2D eigenvalue weighted by atomic mass is 16.5. The second-order valence-electron chi connectivity index (χ2n) is 2.33. The highest BCUT2D eigenvalue weighted by Crippen LogP contribution is 2.02. The van der Waals surface area contributed by atoms with Gasteiger partial charge in [-0.15, -0.1) is 0 Å². The summed E-state index contributed by atoms with van der Waals surface area (Å²) in [6, 6.07) is 0. The number of unbranched alkanes of at least 4 members (excludes halogenated alkanes) is 1. The van der Waals surface area contributed by atoms with Crippen LogP contribution in [0.5, 0.6) is 0 Å². The summed E-state index contributed by atoms with van der Waals surface area (Å²) >= 11 is 0. The van der Waals surface area contributed by atoms with Crippen LogP contribution in [0.1, 0.15) is 33.1 Å². The fourth-order valence-corrected chi connectivity index (χ4v) is 0.710. The fraction of sp³-hybridized carbons (Fsp3) is 0.750. The molecule has 0 aliphatic rings. The van der Waals surface area contributed by atoms with Gasteiger partial charge in [-0.3, -0.25) is 0 Å².